The van der Waals surface area contributed by atoms with E-state index in [1.165, 1.54) is 12.1 Å². The van der Waals surface area contributed by atoms with Gasteiger partial charge in [0.2, 0.25) is 0 Å². The first-order chi connectivity index (χ1) is 15.6. The molecule has 0 spiro atoms. The van der Waals surface area contributed by atoms with E-state index in [0.717, 1.165) is 23.2 Å². The maximum Gasteiger partial charge on any atom is 0.296 e. The highest BCUT2D eigenvalue weighted by atomic mass is 35.5. The first kappa shape index (κ1) is 19.6. The van der Waals surface area contributed by atoms with Gasteiger partial charge in [0.25, 0.3) is 6.01 Å². The van der Waals surface area contributed by atoms with Crippen molar-refractivity contribution in [2.45, 2.75) is 24.7 Å². The maximum absolute atomic E-state index is 13.2. The summed E-state index contributed by atoms with van der Waals surface area (Å²) in [7, 11) is 0. The third kappa shape index (κ3) is 3.50. The standard InChI is InChI=1S/C23H18ClFN4O3/c24-15-9-17-22(29-23(27-17)32-19-11-31-18-7-8-30-21(18)19)28-20(15)13-3-6-16(26-10-13)12-1-4-14(25)5-2-12/h1-6,9-10,18-19,21H,7-8,11H2,(H,27,28,29). The third-order valence-corrected chi connectivity index (χ3v) is 6.05. The van der Waals surface area contributed by atoms with Crippen molar-refractivity contribution in [1.82, 2.24) is 19.9 Å². The number of ether oxygens (including phenoxy) is 3. The van der Waals surface area contributed by atoms with Crippen LogP contribution in [0.3, 0.4) is 0 Å². The molecule has 3 aromatic heterocycles. The van der Waals surface area contributed by atoms with Crippen molar-refractivity contribution in [1.29, 1.82) is 0 Å². The van der Waals surface area contributed by atoms with Gasteiger partial charge >= 0.3 is 0 Å². The Balaban J connectivity index is 1.26. The predicted octanol–water partition coefficient (Wildman–Crippen LogP) is 4.41. The maximum atomic E-state index is 13.2. The SMILES string of the molecule is Fc1ccc(-c2ccc(-c3nc4nc(OC5COC6CCOC65)[nH]c4cc3Cl)cn2)cc1. The number of aromatic amines is 1. The number of nitrogens with zero attached hydrogens (tertiary/aromatic N) is 3. The third-order valence-electron chi connectivity index (χ3n) is 5.76. The molecule has 3 atom stereocenters. The Bertz CT molecular complexity index is 1280. The van der Waals surface area contributed by atoms with Crippen LogP contribution in [-0.4, -0.2) is 51.5 Å². The van der Waals surface area contributed by atoms with E-state index in [1.807, 2.05) is 12.1 Å². The molecule has 5 heterocycles. The highest BCUT2D eigenvalue weighted by Gasteiger charge is 2.43. The van der Waals surface area contributed by atoms with Crippen molar-refractivity contribution >= 4 is 22.8 Å². The summed E-state index contributed by atoms with van der Waals surface area (Å²) < 4.78 is 30.6. The number of fused-ring (bicyclic) bond motifs is 2. The minimum atomic E-state index is -0.284. The highest BCUT2D eigenvalue weighted by Crippen LogP contribution is 2.32. The molecule has 1 aromatic carbocycles. The summed E-state index contributed by atoms with van der Waals surface area (Å²) in [6, 6.07) is 12.0. The second kappa shape index (κ2) is 7.81. The number of nitrogens with one attached hydrogen (secondary N) is 1. The topological polar surface area (TPSA) is 82.2 Å². The Morgan fingerprint density at radius 1 is 1.06 bits per heavy atom. The van der Waals surface area contributed by atoms with Crippen LogP contribution in [0, 0.1) is 5.82 Å². The molecule has 2 fully saturated rings. The van der Waals surface area contributed by atoms with Crippen LogP contribution in [0.25, 0.3) is 33.7 Å². The molecule has 0 aliphatic carbocycles. The van der Waals surface area contributed by atoms with E-state index in [4.69, 9.17) is 25.8 Å². The zero-order valence-electron chi connectivity index (χ0n) is 16.8. The molecule has 0 radical (unpaired) electrons. The van der Waals surface area contributed by atoms with Crippen LogP contribution in [0.2, 0.25) is 5.02 Å². The van der Waals surface area contributed by atoms with Crippen LogP contribution in [0.15, 0.2) is 48.7 Å². The normalized spacial score (nSPS) is 22.4. The lowest BCUT2D eigenvalue weighted by atomic mass is 10.1. The quantitative estimate of drug-likeness (QED) is 0.493. The monoisotopic (exact) mass is 452 g/mol. The Morgan fingerprint density at radius 2 is 1.91 bits per heavy atom. The second-order valence-electron chi connectivity index (χ2n) is 7.82. The molecule has 9 heteroatoms. The summed E-state index contributed by atoms with van der Waals surface area (Å²) in [6.45, 7) is 1.15. The largest absolute Gasteiger partial charge is 0.456 e. The number of benzene rings is 1. The molecule has 7 nitrogen and oxygen atoms in total. The van der Waals surface area contributed by atoms with Crippen molar-refractivity contribution in [3.05, 3.63) is 59.5 Å². The van der Waals surface area contributed by atoms with Gasteiger partial charge in [0.1, 0.15) is 11.9 Å². The minimum absolute atomic E-state index is 0.0685. The summed E-state index contributed by atoms with van der Waals surface area (Å²) in [6.07, 6.45) is 2.39. The van der Waals surface area contributed by atoms with Crippen molar-refractivity contribution in [2.75, 3.05) is 13.2 Å². The molecule has 6 rings (SSSR count). The van der Waals surface area contributed by atoms with Gasteiger partial charge in [0.15, 0.2) is 11.8 Å². The molecular weight excluding hydrogens is 435 g/mol. The molecule has 4 aromatic rings. The van der Waals surface area contributed by atoms with Gasteiger partial charge in [0.05, 0.1) is 34.6 Å². The van der Waals surface area contributed by atoms with Crippen molar-refractivity contribution < 1.29 is 18.6 Å². The van der Waals surface area contributed by atoms with Crippen molar-refractivity contribution in [2.24, 2.45) is 0 Å². The zero-order valence-corrected chi connectivity index (χ0v) is 17.6. The number of rotatable bonds is 4. The van der Waals surface area contributed by atoms with Gasteiger partial charge in [-0.15, -0.1) is 0 Å². The van der Waals surface area contributed by atoms with Crippen LogP contribution >= 0.6 is 11.6 Å². The van der Waals surface area contributed by atoms with E-state index in [-0.39, 0.29) is 24.1 Å². The van der Waals surface area contributed by atoms with Crippen molar-refractivity contribution in [3.8, 4) is 28.5 Å². The molecule has 1 N–H and O–H groups in total. The molecule has 2 aliphatic heterocycles. The van der Waals surface area contributed by atoms with Crippen LogP contribution < -0.4 is 4.74 Å². The average molecular weight is 453 g/mol. The number of hydrogen-bond donors (Lipinski definition) is 1. The molecule has 0 saturated carbocycles. The number of halogens is 2. The molecular formula is C23H18ClFN4O3. The number of imidazole rings is 1. The molecule has 2 aliphatic rings. The molecule has 32 heavy (non-hydrogen) atoms. The zero-order chi connectivity index (χ0) is 21.7. The van der Waals surface area contributed by atoms with Gasteiger partial charge < -0.3 is 19.2 Å². The lowest BCUT2D eigenvalue weighted by Gasteiger charge is -2.15. The fraction of sp³-hybridized carbons (Fsp3) is 0.261. The van der Waals surface area contributed by atoms with E-state index in [1.54, 1.807) is 24.4 Å². The molecule has 0 amide bonds. The van der Waals surface area contributed by atoms with E-state index >= 15 is 0 Å². The summed E-state index contributed by atoms with van der Waals surface area (Å²) in [5.74, 6) is -0.284. The Kier molecular flexibility index (Phi) is 4.78. The van der Waals surface area contributed by atoms with Gasteiger partial charge in [-0.1, -0.05) is 11.6 Å². The Morgan fingerprint density at radius 3 is 2.72 bits per heavy atom. The van der Waals surface area contributed by atoms with Gasteiger partial charge in [-0.2, -0.15) is 4.98 Å². The van der Waals surface area contributed by atoms with Crippen LogP contribution in [0.5, 0.6) is 6.01 Å². The Labute approximate surface area is 187 Å². The summed E-state index contributed by atoms with van der Waals surface area (Å²) in [5.41, 5.74) is 4.04. The fourth-order valence-electron chi connectivity index (χ4n) is 4.15. The predicted molar refractivity (Wildman–Crippen MR) is 116 cm³/mol. The summed E-state index contributed by atoms with van der Waals surface area (Å²) in [5, 5.41) is 0.465. The summed E-state index contributed by atoms with van der Waals surface area (Å²) in [4.78, 5) is 16.7. The number of aromatic nitrogens is 4. The molecule has 162 valence electrons. The van der Waals surface area contributed by atoms with E-state index in [0.29, 0.717) is 41.1 Å². The van der Waals surface area contributed by atoms with Crippen LogP contribution in [0.4, 0.5) is 4.39 Å². The van der Waals surface area contributed by atoms with Gasteiger partial charge in [-0.05, 0) is 48.9 Å². The van der Waals surface area contributed by atoms with Crippen LogP contribution in [0.1, 0.15) is 6.42 Å². The lowest BCUT2D eigenvalue weighted by molar-refractivity contribution is 0.0273. The smallest absolute Gasteiger partial charge is 0.296 e. The first-order valence-corrected chi connectivity index (χ1v) is 10.7. The Hall–Kier alpha value is -3.07. The first-order valence-electron chi connectivity index (χ1n) is 10.3. The van der Waals surface area contributed by atoms with Gasteiger partial charge in [0, 0.05) is 23.9 Å². The van der Waals surface area contributed by atoms with E-state index in [9.17, 15) is 4.39 Å². The number of pyridine rings is 2. The van der Waals surface area contributed by atoms with Gasteiger partial charge in [-0.3, -0.25) is 4.98 Å². The lowest BCUT2D eigenvalue weighted by Crippen LogP contribution is -2.32. The van der Waals surface area contributed by atoms with Crippen LogP contribution in [-0.2, 0) is 9.47 Å². The fourth-order valence-corrected chi connectivity index (χ4v) is 4.41. The van der Waals surface area contributed by atoms with E-state index in [2.05, 4.69) is 19.9 Å². The number of H-pyrrole nitrogens is 1. The van der Waals surface area contributed by atoms with Gasteiger partial charge in [-0.25, -0.2) is 9.37 Å². The average Bonchev–Trinajstić information content (AvgIpc) is 3.51. The molecule has 3 unspecified atom stereocenters. The summed E-state index contributed by atoms with van der Waals surface area (Å²) >= 11 is 6.50. The molecule has 0 bridgehead atoms. The highest BCUT2D eigenvalue weighted by molar-refractivity contribution is 6.33. The van der Waals surface area contributed by atoms with E-state index < -0.39 is 0 Å². The molecule has 2 saturated heterocycles. The number of hydrogen-bond acceptors (Lipinski definition) is 6. The minimum Gasteiger partial charge on any atom is -0.456 e. The second-order valence-corrected chi connectivity index (χ2v) is 8.23. The van der Waals surface area contributed by atoms with Crippen molar-refractivity contribution in [3.63, 3.8) is 0 Å².